The molecule has 0 radical (unpaired) electrons. The number of amides is 1. The van der Waals surface area contributed by atoms with E-state index in [0.29, 0.717) is 18.2 Å². The minimum Gasteiger partial charge on any atom is -0.465 e. The van der Waals surface area contributed by atoms with Gasteiger partial charge in [0, 0.05) is 18.8 Å². The molecule has 0 atom stereocenters. The summed E-state index contributed by atoms with van der Waals surface area (Å²) in [5, 5.41) is 2.84. The monoisotopic (exact) mass is 314 g/mol. The second-order valence-corrected chi connectivity index (χ2v) is 5.94. The van der Waals surface area contributed by atoms with Crippen molar-refractivity contribution >= 4 is 11.9 Å². The number of furan rings is 1. The molecule has 122 valence electrons. The highest BCUT2D eigenvalue weighted by molar-refractivity contribution is 5.92. The number of nitrogens with zero attached hydrogens (tertiary/aromatic N) is 3. The minimum absolute atomic E-state index is 0.206. The molecule has 0 aromatic carbocycles. The Bertz CT molecular complexity index is 690. The first-order chi connectivity index (χ1) is 11.1. The zero-order valence-electron chi connectivity index (χ0n) is 13.6. The maximum absolute atomic E-state index is 12.4. The maximum Gasteiger partial charge on any atom is 0.270 e. The predicted molar refractivity (Wildman–Crippen MR) is 87.4 cm³/mol. The fourth-order valence-electron chi connectivity index (χ4n) is 2.74. The molecule has 1 amide bonds. The molecule has 1 aliphatic heterocycles. The Morgan fingerprint density at radius 2 is 2.00 bits per heavy atom. The number of carbonyl (C=O) groups excluding carboxylic acids is 1. The first kappa shape index (κ1) is 15.5. The highest BCUT2D eigenvalue weighted by atomic mass is 16.3. The van der Waals surface area contributed by atoms with Crippen LogP contribution >= 0.6 is 0 Å². The summed E-state index contributed by atoms with van der Waals surface area (Å²) in [6.07, 6.45) is 3.55. The van der Waals surface area contributed by atoms with E-state index in [0.717, 1.165) is 43.1 Å². The van der Waals surface area contributed by atoms with Gasteiger partial charge in [0.25, 0.3) is 5.91 Å². The van der Waals surface area contributed by atoms with E-state index >= 15 is 0 Å². The van der Waals surface area contributed by atoms with Gasteiger partial charge in [-0.2, -0.15) is 0 Å². The standard InChI is InChI=1S/C17H22N4O2/c1-12-10-15(16(22)18-11-14-7-6-13(2)23-14)20-17(19-12)21-8-4-3-5-9-21/h6-7,10H,3-5,8-9,11H2,1-2H3,(H,18,22). The molecular weight excluding hydrogens is 292 g/mol. The Hall–Kier alpha value is -2.37. The first-order valence-electron chi connectivity index (χ1n) is 8.06. The van der Waals surface area contributed by atoms with E-state index < -0.39 is 0 Å². The zero-order chi connectivity index (χ0) is 16.2. The average Bonchev–Trinajstić information content (AvgIpc) is 2.98. The first-order valence-corrected chi connectivity index (χ1v) is 8.06. The van der Waals surface area contributed by atoms with Crippen LogP contribution in [0.1, 0.15) is 47.0 Å². The number of hydrogen-bond acceptors (Lipinski definition) is 5. The van der Waals surface area contributed by atoms with Gasteiger partial charge < -0.3 is 14.6 Å². The maximum atomic E-state index is 12.4. The molecule has 1 saturated heterocycles. The lowest BCUT2D eigenvalue weighted by molar-refractivity contribution is 0.0942. The molecule has 1 fully saturated rings. The van der Waals surface area contributed by atoms with Crippen LogP contribution in [0.4, 0.5) is 5.95 Å². The van der Waals surface area contributed by atoms with E-state index in [-0.39, 0.29) is 5.91 Å². The molecule has 1 N–H and O–H groups in total. The van der Waals surface area contributed by atoms with Gasteiger partial charge in [0.05, 0.1) is 6.54 Å². The van der Waals surface area contributed by atoms with Gasteiger partial charge in [0.2, 0.25) is 5.95 Å². The Balaban J connectivity index is 1.70. The fourth-order valence-corrected chi connectivity index (χ4v) is 2.74. The van der Waals surface area contributed by atoms with Gasteiger partial charge in [0.15, 0.2) is 0 Å². The second kappa shape index (κ2) is 6.81. The molecule has 1 aliphatic rings. The molecule has 3 heterocycles. The van der Waals surface area contributed by atoms with Crippen molar-refractivity contribution in [3.8, 4) is 0 Å². The van der Waals surface area contributed by atoms with Gasteiger partial charge in [-0.25, -0.2) is 9.97 Å². The molecule has 2 aromatic rings. The number of anilines is 1. The quantitative estimate of drug-likeness (QED) is 0.939. The van der Waals surface area contributed by atoms with Crippen LogP contribution in [0, 0.1) is 13.8 Å². The molecule has 6 heteroatoms. The summed E-state index contributed by atoms with van der Waals surface area (Å²) in [4.78, 5) is 23.4. The van der Waals surface area contributed by atoms with Crippen LogP contribution in [0.25, 0.3) is 0 Å². The van der Waals surface area contributed by atoms with Gasteiger partial charge in [-0.1, -0.05) is 0 Å². The molecule has 23 heavy (non-hydrogen) atoms. The van der Waals surface area contributed by atoms with Crippen LogP contribution in [-0.2, 0) is 6.54 Å². The SMILES string of the molecule is Cc1cc(C(=O)NCc2ccc(C)o2)nc(N2CCCCC2)n1. The van der Waals surface area contributed by atoms with E-state index in [2.05, 4.69) is 20.2 Å². The second-order valence-electron chi connectivity index (χ2n) is 5.94. The van der Waals surface area contributed by atoms with Crippen LogP contribution in [-0.4, -0.2) is 29.0 Å². The molecule has 6 nitrogen and oxygen atoms in total. The number of carbonyl (C=O) groups is 1. The highest BCUT2D eigenvalue weighted by Crippen LogP contribution is 2.16. The topological polar surface area (TPSA) is 71.3 Å². The third-order valence-electron chi connectivity index (χ3n) is 3.93. The molecular formula is C17H22N4O2. The Kier molecular flexibility index (Phi) is 4.60. The van der Waals surface area contributed by atoms with Crippen molar-refractivity contribution in [2.75, 3.05) is 18.0 Å². The van der Waals surface area contributed by atoms with Gasteiger partial charge >= 0.3 is 0 Å². The molecule has 0 spiro atoms. The Labute approximate surface area is 135 Å². The van der Waals surface area contributed by atoms with Crippen molar-refractivity contribution in [2.24, 2.45) is 0 Å². The van der Waals surface area contributed by atoms with Crippen molar-refractivity contribution in [3.63, 3.8) is 0 Å². The van der Waals surface area contributed by atoms with Gasteiger partial charge in [-0.3, -0.25) is 4.79 Å². The number of hydrogen-bond donors (Lipinski definition) is 1. The van der Waals surface area contributed by atoms with Crippen LogP contribution in [0.5, 0.6) is 0 Å². The summed E-state index contributed by atoms with van der Waals surface area (Å²) < 4.78 is 5.46. The van der Waals surface area contributed by atoms with E-state index in [9.17, 15) is 4.79 Å². The van der Waals surface area contributed by atoms with Gasteiger partial charge in [-0.15, -0.1) is 0 Å². The zero-order valence-corrected chi connectivity index (χ0v) is 13.6. The number of rotatable bonds is 4. The van der Waals surface area contributed by atoms with Crippen molar-refractivity contribution in [1.82, 2.24) is 15.3 Å². The number of piperidine rings is 1. The minimum atomic E-state index is -0.206. The van der Waals surface area contributed by atoms with Crippen LogP contribution in [0.3, 0.4) is 0 Å². The third-order valence-corrected chi connectivity index (χ3v) is 3.93. The van der Waals surface area contributed by atoms with Gasteiger partial charge in [-0.05, 0) is 51.3 Å². The molecule has 3 rings (SSSR count). The summed E-state index contributed by atoms with van der Waals surface area (Å²) >= 11 is 0. The molecule has 0 bridgehead atoms. The summed E-state index contributed by atoms with van der Waals surface area (Å²) in [5.41, 5.74) is 1.21. The molecule has 0 unspecified atom stereocenters. The summed E-state index contributed by atoms with van der Waals surface area (Å²) in [6.45, 7) is 6.03. The largest absolute Gasteiger partial charge is 0.465 e. The lowest BCUT2D eigenvalue weighted by Gasteiger charge is -2.27. The van der Waals surface area contributed by atoms with Crippen LogP contribution < -0.4 is 10.2 Å². The molecule has 0 aliphatic carbocycles. The van der Waals surface area contributed by atoms with Crippen molar-refractivity contribution in [3.05, 3.63) is 41.1 Å². The highest BCUT2D eigenvalue weighted by Gasteiger charge is 2.17. The predicted octanol–water partition coefficient (Wildman–Crippen LogP) is 2.61. The van der Waals surface area contributed by atoms with Crippen LogP contribution in [0.2, 0.25) is 0 Å². The summed E-state index contributed by atoms with van der Waals surface area (Å²) in [5.74, 6) is 2.02. The lowest BCUT2D eigenvalue weighted by atomic mass is 10.1. The molecule has 0 saturated carbocycles. The lowest BCUT2D eigenvalue weighted by Crippen LogP contribution is -2.32. The smallest absolute Gasteiger partial charge is 0.270 e. The van der Waals surface area contributed by atoms with Crippen molar-refractivity contribution < 1.29 is 9.21 Å². The van der Waals surface area contributed by atoms with E-state index in [1.54, 1.807) is 6.07 Å². The summed E-state index contributed by atoms with van der Waals surface area (Å²) in [6, 6.07) is 5.46. The number of nitrogens with one attached hydrogen (secondary N) is 1. The molecule has 2 aromatic heterocycles. The van der Waals surface area contributed by atoms with Crippen molar-refractivity contribution in [1.29, 1.82) is 0 Å². The van der Waals surface area contributed by atoms with Crippen LogP contribution in [0.15, 0.2) is 22.6 Å². The number of aromatic nitrogens is 2. The van der Waals surface area contributed by atoms with E-state index in [4.69, 9.17) is 4.42 Å². The normalized spacial score (nSPS) is 14.8. The Morgan fingerprint density at radius 3 is 2.70 bits per heavy atom. The average molecular weight is 314 g/mol. The van der Waals surface area contributed by atoms with Crippen molar-refractivity contribution in [2.45, 2.75) is 39.7 Å². The summed E-state index contributed by atoms with van der Waals surface area (Å²) in [7, 11) is 0. The Morgan fingerprint density at radius 1 is 1.22 bits per heavy atom. The van der Waals surface area contributed by atoms with E-state index in [1.165, 1.54) is 6.42 Å². The van der Waals surface area contributed by atoms with E-state index in [1.807, 2.05) is 26.0 Å². The third kappa shape index (κ3) is 3.88. The number of aryl methyl sites for hydroxylation is 2. The fraction of sp³-hybridized carbons (Fsp3) is 0.471. The van der Waals surface area contributed by atoms with Gasteiger partial charge in [0.1, 0.15) is 17.2 Å².